The van der Waals surface area contributed by atoms with E-state index >= 15 is 0 Å². The number of aryl methyl sites for hydroxylation is 2. The van der Waals surface area contributed by atoms with E-state index in [0.29, 0.717) is 18.5 Å². The van der Waals surface area contributed by atoms with Gasteiger partial charge in [-0.25, -0.2) is 4.98 Å². The number of rotatable bonds is 4. The molecule has 2 aromatic rings. The van der Waals surface area contributed by atoms with Crippen molar-refractivity contribution in [2.75, 3.05) is 0 Å². The summed E-state index contributed by atoms with van der Waals surface area (Å²) in [4.78, 5) is 14.3. The maximum absolute atomic E-state index is 10.9. The zero-order valence-electron chi connectivity index (χ0n) is 10.4. The van der Waals surface area contributed by atoms with Gasteiger partial charge in [-0.05, 0) is 6.42 Å². The average Bonchev–Trinajstić information content (AvgIpc) is 2.87. The second kappa shape index (κ2) is 5.63. The number of para-hydroxylation sites is 1. The Labute approximate surface area is 114 Å². The fourth-order valence-electron chi connectivity index (χ4n) is 1.89. The largest absolute Gasteiger partial charge is 0.321 e. The normalized spacial score (nSPS) is 9.70. The highest BCUT2D eigenvalue weighted by Crippen LogP contribution is 2.19. The molecule has 0 radical (unpaired) electrons. The highest BCUT2D eigenvalue weighted by atomic mass is 16.6. The van der Waals surface area contributed by atoms with Crippen LogP contribution in [0.15, 0.2) is 30.6 Å². The average molecular weight is 267 g/mol. The Bertz CT molecular complexity index is 736. The minimum absolute atomic E-state index is 0.0478. The molecule has 2 rings (SSSR count). The molecule has 0 aliphatic rings. The van der Waals surface area contributed by atoms with Gasteiger partial charge in [0.1, 0.15) is 12.1 Å². The molecule has 0 N–H and O–H groups in total. The van der Waals surface area contributed by atoms with E-state index in [-0.39, 0.29) is 17.1 Å². The van der Waals surface area contributed by atoms with E-state index in [1.165, 1.54) is 17.0 Å². The van der Waals surface area contributed by atoms with Crippen molar-refractivity contribution in [1.29, 1.82) is 10.5 Å². The van der Waals surface area contributed by atoms with Crippen molar-refractivity contribution in [1.82, 2.24) is 9.55 Å². The third-order valence-corrected chi connectivity index (χ3v) is 2.86. The Morgan fingerprint density at radius 1 is 1.30 bits per heavy atom. The van der Waals surface area contributed by atoms with Crippen molar-refractivity contribution in [3.8, 4) is 12.1 Å². The molecule has 0 fully saturated rings. The molecular weight excluding hydrogens is 258 g/mol. The molecular formula is C13H9N5O2. The number of hydrogen-bond donors (Lipinski definition) is 0. The summed E-state index contributed by atoms with van der Waals surface area (Å²) >= 11 is 0. The van der Waals surface area contributed by atoms with Crippen LogP contribution in [0.5, 0.6) is 0 Å². The van der Waals surface area contributed by atoms with Crippen molar-refractivity contribution in [2.24, 2.45) is 0 Å². The number of nitro benzene ring substituents is 1. The monoisotopic (exact) mass is 267 g/mol. The van der Waals surface area contributed by atoms with Gasteiger partial charge in [-0.15, -0.1) is 0 Å². The van der Waals surface area contributed by atoms with E-state index in [1.54, 1.807) is 18.2 Å². The summed E-state index contributed by atoms with van der Waals surface area (Å²) in [5, 5.41) is 28.7. The first-order valence-electron chi connectivity index (χ1n) is 5.75. The topological polar surface area (TPSA) is 109 Å². The molecule has 0 atom stereocenters. The molecule has 0 amide bonds. The predicted molar refractivity (Wildman–Crippen MR) is 68.5 cm³/mol. The lowest BCUT2D eigenvalue weighted by Crippen LogP contribution is -2.05. The number of aromatic nitrogens is 2. The van der Waals surface area contributed by atoms with Crippen molar-refractivity contribution in [3.05, 3.63) is 57.7 Å². The Hall–Kier alpha value is -3.19. The standard InChI is InChI=1S/C13H9N5O2/c14-7-11-13(8-15)17(9-16-11)6-5-10-3-1-2-4-12(10)18(19)20/h1-4,9H,5-6H2. The number of nitriles is 2. The molecule has 1 heterocycles. The van der Waals surface area contributed by atoms with Crippen LogP contribution in [-0.4, -0.2) is 14.5 Å². The molecule has 0 spiro atoms. The maximum atomic E-state index is 10.9. The zero-order chi connectivity index (χ0) is 14.5. The molecule has 7 heteroatoms. The Balaban J connectivity index is 2.23. The van der Waals surface area contributed by atoms with E-state index in [9.17, 15) is 10.1 Å². The van der Waals surface area contributed by atoms with Crippen LogP contribution in [-0.2, 0) is 13.0 Å². The smallest absolute Gasteiger partial charge is 0.272 e. The molecule has 1 aromatic carbocycles. The second-order valence-corrected chi connectivity index (χ2v) is 3.99. The first-order chi connectivity index (χ1) is 9.67. The van der Waals surface area contributed by atoms with Gasteiger partial charge in [0.15, 0.2) is 11.4 Å². The highest BCUT2D eigenvalue weighted by molar-refractivity contribution is 5.40. The van der Waals surface area contributed by atoms with Crippen molar-refractivity contribution < 1.29 is 4.92 Å². The molecule has 0 unspecified atom stereocenters. The molecule has 0 bridgehead atoms. The minimum Gasteiger partial charge on any atom is -0.321 e. The van der Waals surface area contributed by atoms with Gasteiger partial charge in [-0.1, -0.05) is 18.2 Å². The molecule has 0 aliphatic carbocycles. The quantitative estimate of drug-likeness (QED) is 0.619. The fraction of sp³-hybridized carbons (Fsp3) is 0.154. The maximum Gasteiger partial charge on any atom is 0.272 e. The SMILES string of the molecule is N#Cc1ncn(CCc2ccccc2[N+](=O)[O-])c1C#N. The molecule has 7 nitrogen and oxygen atoms in total. The summed E-state index contributed by atoms with van der Waals surface area (Å²) in [6.07, 6.45) is 1.78. The summed E-state index contributed by atoms with van der Waals surface area (Å²) in [7, 11) is 0. The van der Waals surface area contributed by atoms with E-state index in [4.69, 9.17) is 10.5 Å². The fourth-order valence-corrected chi connectivity index (χ4v) is 1.89. The lowest BCUT2D eigenvalue weighted by atomic mass is 10.1. The van der Waals surface area contributed by atoms with Gasteiger partial charge in [0.2, 0.25) is 0 Å². The number of imidazole rings is 1. The van der Waals surface area contributed by atoms with Crippen LogP contribution in [0.25, 0.3) is 0 Å². The number of benzene rings is 1. The van der Waals surface area contributed by atoms with Gasteiger partial charge in [0.05, 0.1) is 11.3 Å². The van der Waals surface area contributed by atoms with Gasteiger partial charge in [0.25, 0.3) is 5.69 Å². The number of nitrogens with zero attached hydrogens (tertiary/aromatic N) is 5. The van der Waals surface area contributed by atoms with E-state index in [1.807, 2.05) is 12.1 Å². The molecule has 0 saturated heterocycles. The van der Waals surface area contributed by atoms with Crippen LogP contribution < -0.4 is 0 Å². The van der Waals surface area contributed by atoms with E-state index in [0.717, 1.165) is 0 Å². The second-order valence-electron chi connectivity index (χ2n) is 3.99. The summed E-state index contributed by atoms with van der Waals surface area (Å²) in [6.45, 7) is 0.350. The molecule has 0 aliphatic heterocycles. The van der Waals surface area contributed by atoms with Gasteiger partial charge in [-0.3, -0.25) is 10.1 Å². The zero-order valence-corrected chi connectivity index (χ0v) is 10.4. The molecule has 0 saturated carbocycles. The summed E-state index contributed by atoms with van der Waals surface area (Å²) in [5.74, 6) is 0. The third kappa shape index (κ3) is 2.47. The van der Waals surface area contributed by atoms with Crippen LogP contribution in [0.1, 0.15) is 17.0 Å². The minimum atomic E-state index is -0.435. The van der Waals surface area contributed by atoms with Crippen molar-refractivity contribution >= 4 is 5.69 Å². The summed E-state index contributed by atoms with van der Waals surface area (Å²) in [6, 6.07) is 10.2. The van der Waals surface area contributed by atoms with Gasteiger partial charge >= 0.3 is 0 Å². The molecule has 20 heavy (non-hydrogen) atoms. The number of nitro groups is 1. The Morgan fingerprint density at radius 3 is 2.70 bits per heavy atom. The van der Waals surface area contributed by atoms with E-state index in [2.05, 4.69) is 4.98 Å². The lowest BCUT2D eigenvalue weighted by molar-refractivity contribution is -0.385. The summed E-state index contributed by atoms with van der Waals surface area (Å²) in [5.41, 5.74) is 0.862. The number of hydrogen-bond acceptors (Lipinski definition) is 5. The van der Waals surface area contributed by atoms with Gasteiger partial charge in [-0.2, -0.15) is 10.5 Å². The van der Waals surface area contributed by atoms with Crippen molar-refractivity contribution in [3.63, 3.8) is 0 Å². The highest BCUT2D eigenvalue weighted by Gasteiger charge is 2.14. The van der Waals surface area contributed by atoms with Gasteiger partial charge < -0.3 is 4.57 Å². The van der Waals surface area contributed by atoms with Crippen LogP contribution >= 0.6 is 0 Å². The van der Waals surface area contributed by atoms with Gasteiger partial charge in [0, 0.05) is 18.2 Å². The molecule has 1 aromatic heterocycles. The predicted octanol–water partition coefficient (Wildman–Crippen LogP) is 1.78. The van der Waals surface area contributed by atoms with Crippen LogP contribution in [0.2, 0.25) is 0 Å². The lowest BCUT2D eigenvalue weighted by Gasteiger charge is -2.04. The summed E-state index contributed by atoms with van der Waals surface area (Å²) < 4.78 is 1.52. The van der Waals surface area contributed by atoms with Crippen LogP contribution in [0, 0.1) is 32.8 Å². The Kier molecular flexibility index (Phi) is 3.73. The third-order valence-electron chi connectivity index (χ3n) is 2.86. The van der Waals surface area contributed by atoms with Crippen LogP contribution in [0.3, 0.4) is 0 Å². The van der Waals surface area contributed by atoms with Crippen LogP contribution in [0.4, 0.5) is 5.69 Å². The Morgan fingerprint density at radius 2 is 2.05 bits per heavy atom. The van der Waals surface area contributed by atoms with Crippen molar-refractivity contribution in [2.45, 2.75) is 13.0 Å². The van der Waals surface area contributed by atoms with E-state index < -0.39 is 4.92 Å². The molecule has 98 valence electrons. The first kappa shape index (κ1) is 13.2. The first-order valence-corrected chi connectivity index (χ1v) is 5.75.